The Hall–Kier alpha value is -1.93. The van der Waals surface area contributed by atoms with Gasteiger partial charge in [-0.05, 0) is 13.8 Å². The average Bonchev–Trinajstić information content (AvgIpc) is 2.90. The molecule has 0 aliphatic rings. The van der Waals surface area contributed by atoms with Crippen LogP contribution in [0.25, 0.3) is 0 Å². The predicted molar refractivity (Wildman–Crippen MR) is 79.8 cm³/mol. The number of nitrogens with zero attached hydrogens (tertiary/aromatic N) is 3. The van der Waals surface area contributed by atoms with Gasteiger partial charge in [-0.3, -0.25) is 19.6 Å². The molecular formula is C12H13ClN4O3S. The standard InChI is InChI=1S/C12H13ClN4O3S/c1-6-8(7(2)16(3)15-6)5-14-12(18)10-4-9(17(19)20)11(13)21-10/h4H,5H2,1-3H3,(H,14,18). The van der Waals surface area contributed by atoms with Gasteiger partial charge in [0.1, 0.15) is 4.88 Å². The first-order valence-corrected chi connectivity index (χ1v) is 7.21. The number of carbonyl (C=O) groups excluding carboxylic acids is 1. The zero-order chi connectivity index (χ0) is 15.7. The maximum absolute atomic E-state index is 12.0. The molecule has 0 unspecified atom stereocenters. The fourth-order valence-electron chi connectivity index (χ4n) is 1.92. The van der Waals surface area contributed by atoms with E-state index >= 15 is 0 Å². The summed E-state index contributed by atoms with van der Waals surface area (Å²) in [7, 11) is 1.83. The largest absolute Gasteiger partial charge is 0.347 e. The van der Waals surface area contributed by atoms with Crippen LogP contribution in [0.1, 0.15) is 26.6 Å². The number of aromatic nitrogens is 2. The molecule has 0 radical (unpaired) electrons. The number of nitrogens with one attached hydrogen (secondary N) is 1. The molecular weight excluding hydrogens is 316 g/mol. The van der Waals surface area contributed by atoms with Crippen LogP contribution in [0.15, 0.2) is 6.07 Å². The minimum Gasteiger partial charge on any atom is -0.347 e. The van der Waals surface area contributed by atoms with Crippen LogP contribution in [0.2, 0.25) is 4.34 Å². The van der Waals surface area contributed by atoms with Gasteiger partial charge in [0, 0.05) is 30.9 Å². The number of rotatable bonds is 4. The molecule has 1 N–H and O–H groups in total. The van der Waals surface area contributed by atoms with E-state index in [1.165, 1.54) is 6.07 Å². The quantitative estimate of drug-likeness (QED) is 0.690. The van der Waals surface area contributed by atoms with Crippen LogP contribution >= 0.6 is 22.9 Å². The third-order valence-corrected chi connectivity index (χ3v) is 4.51. The van der Waals surface area contributed by atoms with Crippen LogP contribution in [0.3, 0.4) is 0 Å². The van der Waals surface area contributed by atoms with E-state index in [2.05, 4.69) is 10.4 Å². The summed E-state index contributed by atoms with van der Waals surface area (Å²) in [6.07, 6.45) is 0. The molecule has 112 valence electrons. The molecule has 0 spiro atoms. The van der Waals surface area contributed by atoms with Crippen molar-refractivity contribution in [2.75, 3.05) is 0 Å². The highest BCUT2D eigenvalue weighted by Crippen LogP contribution is 2.33. The molecule has 0 aliphatic carbocycles. The summed E-state index contributed by atoms with van der Waals surface area (Å²) >= 11 is 6.63. The summed E-state index contributed by atoms with van der Waals surface area (Å²) in [4.78, 5) is 22.3. The van der Waals surface area contributed by atoms with Gasteiger partial charge in [0.05, 0.1) is 10.6 Å². The number of thiophene rings is 1. The summed E-state index contributed by atoms with van der Waals surface area (Å²) in [5.41, 5.74) is 2.48. The Morgan fingerprint density at radius 2 is 2.24 bits per heavy atom. The van der Waals surface area contributed by atoms with E-state index in [0.717, 1.165) is 28.3 Å². The molecule has 2 aromatic heterocycles. The van der Waals surface area contributed by atoms with E-state index in [0.29, 0.717) is 6.54 Å². The molecule has 0 saturated heterocycles. The lowest BCUT2D eigenvalue weighted by Crippen LogP contribution is -2.22. The minimum atomic E-state index is -0.606. The molecule has 21 heavy (non-hydrogen) atoms. The lowest BCUT2D eigenvalue weighted by atomic mass is 10.2. The van der Waals surface area contributed by atoms with Crippen LogP contribution in [0.5, 0.6) is 0 Å². The first-order chi connectivity index (χ1) is 9.81. The maximum atomic E-state index is 12.0. The third-order valence-electron chi connectivity index (χ3n) is 3.17. The van der Waals surface area contributed by atoms with Gasteiger partial charge in [-0.1, -0.05) is 11.6 Å². The fraction of sp³-hybridized carbons (Fsp3) is 0.333. The van der Waals surface area contributed by atoms with Gasteiger partial charge >= 0.3 is 0 Å². The molecule has 2 rings (SSSR count). The Balaban J connectivity index is 2.12. The number of amides is 1. The van der Waals surface area contributed by atoms with Gasteiger partial charge in [-0.25, -0.2) is 0 Å². The monoisotopic (exact) mass is 328 g/mol. The summed E-state index contributed by atoms with van der Waals surface area (Å²) in [5.74, 6) is -0.391. The molecule has 0 aliphatic heterocycles. The average molecular weight is 329 g/mol. The zero-order valence-electron chi connectivity index (χ0n) is 11.6. The molecule has 0 atom stereocenters. The molecule has 2 heterocycles. The number of halogens is 1. The first-order valence-electron chi connectivity index (χ1n) is 6.02. The van der Waals surface area contributed by atoms with Crippen molar-refractivity contribution in [3.8, 4) is 0 Å². The van der Waals surface area contributed by atoms with Gasteiger partial charge in [-0.15, -0.1) is 11.3 Å². The van der Waals surface area contributed by atoms with E-state index in [1.54, 1.807) is 4.68 Å². The molecule has 1 amide bonds. The van der Waals surface area contributed by atoms with Crippen molar-refractivity contribution in [1.29, 1.82) is 0 Å². The topological polar surface area (TPSA) is 90.1 Å². The van der Waals surface area contributed by atoms with Crippen molar-refractivity contribution in [2.45, 2.75) is 20.4 Å². The van der Waals surface area contributed by atoms with E-state index in [1.807, 2.05) is 20.9 Å². The lowest BCUT2D eigenvalue weighted by Gasteiger charge is -2.04. The van der Waals surface area contributed by atoms with E-state index < -0.39 is 10.8 Å². The van der Waals surface area contributed by atoms with Gasteiger partial charge < -0.3 is 5.32 Å². The smallest absolute Gasteiger partial charge is 0.299 e. The number of nitro groups is 1. The second-order valence-corrected chi connectivity index (χ2v) is 6.14. The maximum Gasteiger partial charge on any atom is 0.299 e. The van der Waals surface area contributed by atoms with Crippen molar-refractivity contribution in [3.63, 3.8) is 0 Å². The summed E-state index contributed by atoms with van der Waals surface area (Å²) in [5, 5.41) is 17.7. The normalized spacial score (nSPS) is 10.7. The molecule has 0 aromatic carbocycles. The molecule has 2 aromatic rings. The number of carbonyl (C=O) groups is 1. The number of aryl methyl sites for hydroxylation is 2. The van der Waals surface area contributed by atoms with Crippen LogP contribution in [0, 0.1) is 24.0 Å². The molecule has 7 nitrogen and oxygen atoms in total. The molecule has 0 saturated carbocycles. The zero-order valence-corrected chi connectivity index (χ0v) is 13.2. The second kappa shape index (κ2) is 5.82. The summed E-state index contributed by atoms with van der Waals surface area (Å²) < 4.78 is 1.74. The number of hydrogen-bond acceptors (Lipinski definition) is 5. The molecule has 9 heteroatoms. The minimum absolute atomic E-state index is 0.00103. The molecule has 0 fully saturated rings. The van der Waals surface area contributed by atoms with Crippen LogP contribution in [-0.4, -0.2) is 20.6 Å². The Kier molecular flexibility index (Phi) is 4.29. The highest BCUT2D eigenvalue weighted by Gasteiger charge is 2.21. The Morgan fingerprint density at radius 1 is 1.57 bits per heavy atom. The molecule has 0 bridgehead atoms. The highest BCUT2D eigenvalue weighted by molar-refractivity contribution is 7.18. The van der Waals surface area contributed by atoms with E-state index in [-0.39, 0.29) is 14.9 Å². The van der Waals surface area contributed by atoms with Crippen LogP contribution in [-0.2, 0) is 13.6 Å². The van der Waals surface area contributed by atoms with Crippen LogP contribution in [0.4, 0.5) is 5.69 Å². The first kappa shape index (κ1) is 15.5. The van der Waals surface area contributed by atoms with E-state index in [9.17, 15) is 14.9 Å². The van der Waals surface area contributed by atoms with Gasteiger partial charge in [0.15, 0.2) is 4.34 Å². The Bertz CT molecular complexity index is 722. The van der Waals surface area contributed by atoms with Crippen molar-refractivity contribution in [3.05, 3.63) is 42.3 Å². The lowest BCUT2D eigenvalue weighted by molar-refractivity contribution is -0.384. The van der Waals surface area contributed by atoms with E-state index in [4.69, 9.17) is 11.6 Å². The second-order valence-electron chi connectivity index (χ2n) is 4.48. The number of hydrogen-bond donors (Lipinski definition) is 1. The van der Waals surface area contributed by atoms with Gasteiger partial charge in [-0.2, -0.15) is 5.10 Å². The summed E-state index contributed by atoms with van der Waals surface area (Å²) in [6.45, 7) is 4.09. The highest BCUT2D eigenvalue weighted by atomic mass is 35.5. The third kappa shape index (κ3) is 3.06. The SMILES string of the molecule is Cc1nn(C)c(C)c1CNC(=O)c1cc([N+](=O)[O-])c(Cl)s1. The van der Waals surface area contributed by atoms with Crippen molar-refractivity contribution in [1.82, 2.24) is 15.1 Å². The van der Waals surface area contributed by atoms with Crippen molar-refractivity contribution >= 4 is 34.5 Å². The Morgan fingerprint density at radius 3 is 2.71 bits per heavy atom. The predicted octanol–water partition coefficient (Wildman–Crippen LogP) is 2.59. The summed E-state index contributed by atoms with van der Waals surface area (Å²) in [6, 6.07) is 1.19. The van der Waals surface area contributed by atoms with Crippen LogP contribution < -0.4 is 5.32 Å². The van der Waals surface area contributed by atoms with Crippen molar-refractivity contribution < 1.29 is 9.72 Å². The van der Waals surface area contributed by atoms with Crippen molar-refractivity contribution in [2.24, 2.45) is 7.05 Å². The van der Waals surface area contributed by atoms with Gasteiger partial charge in [0.25, 0.3) is 11.6 Å². The fourth-order valence-corrected chi connectivity index (χ4v) is 3.06. The van der Waals surface area contributed by atoms with Gasteiger partial charge in [0.2, 0.25) is 0 Å². The Labute approximate surface area is 129 Å².